The van der Waals surface area contributed by atoms with Crippen LogP contribution < -0.4 is 16.6 Å². The fraction of sp³-hybridized carbons (Fsp3) is 0.923. The Hall–Kier alpha value is -0.810. The number of hydrazine groups is 1. The molecule has 18 heavy (non-hydrogen) atoms. The van der Waals surface area contributed by atoms with Crippen LogP contribution in [0, 0.1) is 5.92 Å². The third kappa shape index (κ3) is 6.81. The van der Waals surface area contributed by atoms with Crippen molar-refractivity contribution < 1.29 is 4.74 Å². The highest BCUT2D eigenvalue weighted by Crippen LogP contribution is 2.26. The number of guanidine groups is 1. The fourth-order valence-electron chi connectivity index (χ4n) is 2.35. The molecular weight excluding hydrogens is 228 g/mol. The molecule has 0 saturated heterocycles. The summed E-state index contributed by atoms with van der Waals surface area (Å²) >= 11 is 0. The second-order valence-electron chi connectivity index (χ2n) is 4.79. The topological polar surface area (TPSA) is 71.7 Å². The zero-order chi connectivity index (χ0) is 13.1. The van der Waals surface area contributed by atoms with Crippen molar-refractivity contribution in [3.8, 4) is 0 Å². The lowest BCUT2D eigenvalue weighted by Gasteiger charge is -2.12. The summed E-state index contributed by atoms with van der Waals surface area (Å²) < 4.78 is 5.26. The highest BCUT2D eigenvalue weighted by molar-refractivity contribution is 5.79. The summed E-state index contributed by atoms with van der Waals surface area (Å²) in [4.78, 5) is 4.37. The summed E-state index contributed by atoms with van der Waals surface area (Å²) in [6.07, 6.45) is 7.73. The molecule has 0 heterocycles. The zero-order valence-corrected chi connectivity index (χ0v) is 11.6. The van der Waals surface area contributed by atoms with Gasteiger partial charge in [-0.1, -0.05) is 25.7 Å². The summed E-state index contributed by atoms with van der Waals surface area (Å²) in [6.45, 7) is 5.24. The van der Waals surface area contributed by atoms with E-state index in [0.717, 1.165) is 38.6 Å². The van der Waals surface area contributed by atoms with Crippen molar-refractivity contribution in [3.05, 3.63) is 0 Å². The van der Waals surface area contributed by atoms with Gasteiger partial charge in [0.25, 0.3) is 0 Å². The number of nitrogens with zero attached hydrogens (tertiary/aromatic N) is 1. The van der Waals surface area contributed by atoms with Gasteiger partial charge in [0.15, 0.2) is 0 Å². The molecule has 4 N–H and O–H groups in total. The molecule has 0 aromatic carbocycles. The van der Waals surface area contributed by atoms with Gasteiger partial charge < -0.3 is 10.1 Å². The second-order valence-corrected chi connectivity index (χ2v) is 4.79. The summed E-state index contributed by atoms with van der Waals surface area (Å²) in [6, 6.07) is 0. The van der Waals surface area contributed by atoms with Gasteiger partial charge in [-0.2, -0.15) is 0 Å². The van der Waals surface area contributed by atoms with E-state index in [1.807, 2.05) is 6.92 Å². The molecular formula is C13H28N4O. The van der Waals surface area contributed by atoms with Crippen LogP contribution in [0.3, 0.4) is 0 Å². The van der Waals surface area contributed by atoms with Crippen molar-refractivity contribution >= 4 is 5.96 Å². The molecule has 0 bridgehead atoms. The minimum Gasteiger partial charge on any atom is -0.382 e. The van der Waals surface area contributed by atoms with Crippen molar-refractivity contribution in [1.29, 1.82) is 0 Å². The van der Waals surface area contributed by atoms with Crippen LogP contribution in [0.25, 0.3) is 0 Å². The number of aliphatic imine (C=N–C) groups is 1. The van der Waals surface area contributed by atoms with Gasteiger partial charge in [0.05, 0.1) is 0 Å². The van der Waals surface area contributed by atoms with Crippen molar-refractivity contribution in [3.63, 3.8) is 0 Å². The Labute approximate surface area is 111 Å². The van der Waals surface area contributed by atoms with Gasteiger partial charge in [0, 0.05) is 26.3 Å². The van der Waals surface area contributed by atoms with Crippen LogP contribution in [0.1, 0.15) is 45.4 Å². The van der Waals surface area contributed by atoms with E-state index < -0.39 is 0 Å². The van der Waals surface area contributed by atoms with Crippen molar-refractivity contribution in [2.75, 3.05) is 26.3 Å². The average molecular weight is 256 g/mol. The molecule has 0 aromatic heterocycles. The molecule has 0 atom stereocenters. The maximum Gasteiger partial charge on any atom is 0.205 e. The summed E-state index contributed by atoms with van der Waals surface area (Å²) in [5.74, 6) is 7.03. The van der Waals surface area contributed by atoms with Gasteiger partial charge in [-0.05, 0) is 25.7 Å². The van der Waals surface area contributed by atoms with Gasteiger partial charge in [0.1, 0.15) is 0 Å². The SMILES string of the molecule is CCOCCCN=C(NN)NCCC1CCCC1. The molecule has 106 valence electrons. The quantitative estimate of drug-likeness (QED) is 0.202. The normalized spacial score (nSPS) is 17.1. The van der Waals surface area contributed by atoms with Crippen LogP contribution in [-0.4, -0.2) is 32.3 Å². The molecule has 0 aliphatic heterocycles. The second kappa shape index (κ2) is 10.1. The monoisotopic (exact) mass is 256 g/mol. The molecule has 5 heteroatoms. The maximum atomic E-state index is 5.43. The van der Waals surface area contributed by atoms with Crippen molar-refractivity contribution in [2.45, 2.75) is 45.4 Å². The molecule has 1 rings (SSSR count). The highest BCUT2D eigenvalue weighted by Gasteiger charge is 2.14. The van der Waals surface area contributed by atoms with E-state index in [2.05, 4.69) is 15.7 Å². The fourth-order valence-corrected chi connectivity index (χ4v) is 2.35. The molecule has 0 spiro atoms. The minimum atomic E-state index is 0.699. The Kier molecular flexibility index (Phi) is 8.59. The number of hydrogen-bond acceptors (Lipinski definition) is 3. The van der Waals surface area contributed by atoms with Gasteiger partial charge in [-0.3, -0.25) is 10.4 Å². The minimum absolute atomic E-state index is 0.699. The lowest BCUT2D eigenvalue weighted by atomic mass is 10.0. The van der Waals surface area contributed by atoms with E-state index in [4.69, 9.17) is 10.6 Å². The number of nitrogens with two attached hydrogens (primary N) is 1. The molecule has 0 amide bonds. The Morgan fingerprint density at radius 3 is 2.83 bits per heavy atom. The van der Waals surface area contributed by atoms with Crippen LogP contribution in [0.4, 0.5) is 0 Å². The van der Waals surface area contributed by atoms with E-state index in [1.165, 1.54) is 32.1 Å². The zero-order valence-electron chi connectivity index (χ0n) is 11.6. The van der Waals surface area contributed by atoms with E-state index >= 15 is 0 Å². The van der Waals surface area contributed by atoms with E-state index in [9.17, 15) is 0 Å². The molecule has 0 radical (unpaired) electrons. The average Bonchev–Trinajstić information content (AvgIpc) is 2.89. The van der Waals surface area contributed by atoms with Gasteiger partial charge in [-0.15, -0.1) is 0 Å². The highest BCUT2D eigenvalue weighted by atomic mass is 16.5. The van der Waals surface area contributed by atoms with Crippen molar-refractivity contribution in [1.82, 2.24) is 10.7 Å². The van der Waals surface area contributed by atoms with Gasteiger partial charge >= 0.3 is 0 Å². The summed E-state index contributed by atoms with van der Waals surface area (Å²) in [5.41, 5.74) is 2.62. The first-order chi connectivity index (χ1) is 8.86. The third-order valence-corrected chi connectivity index (χ3v) is 3.38. The maximum absolute atomic E-state index is 5.43. The van der Waals surface area contributed by atoms with Crippen LogP contribution in [0.15, 0.2) is 4.99 Å². The van der Waals surface area contributed by atoms with E-state index in [-0.39, 0.29) is 0 Å². The van der Waals surface area contributed by atoms with Crippen molar-refractivity contribution in [2.24, 2.45) is 16.8 Å². The third-order valence-electron chi connectivity index (χ3n) is 3.38. The predicted molar refractivity (Wildman–Crippen MR) is 75.3 cm³/mol. The molecule has 0 aromatic rings. The Bertz CT molecular complexity index is 227. The summed E-state index contributed by atoms with van der Waals surface area (Å²) in [5, 5.41) is 3.26. The van der Waals surface area contributed by atoms with Crippen LogP contribution in [0.2, 0.25) is 0 Å². The van der Waals surface area contributed by atoms with Crippen LogP contribution in [-0.2, 0) is 4.74 Å². The Morgan fingerprint density at radius 1 is 1.39 bits per heavy atom. The number of hydrogen-bond donors (Lipinski definition) is 3. The molecule has 5 nitrogen and oxygen atoms in total. The molecule has 0 unspecified atom stereocenters. The first kappa shape index (κ1) is 15.2. The standard InChI is InChI=1S/C13H28N4O/c1-2-18-11-5-9-15-13(17-14)16-10-8-12-6-3-4-7-12/h12H,2-11,14H2,1H3,(H2,15,16,17). The number of nitrogens with one attached hydrogen (secondary N) is 2. The van der Waals surface area contributed by atoms with Gasteiger partial charge in [-0.25, -0.2) is 5.84 Å². The van der Waals surface area contributed by atoms with Crippen LogP contribution in [0.5, 0.6) is 0 Å². The molecule has 1 saturated carbocycles. The number of rotatable bonds is 8. The number of ether oxygens (including phenoxy) is 1. The Morgan fingerprint density at radius 2 is 2.17 bits per heavy atom. The van der Waals surface area contributed by atoms with E-state index in [1.54, 1.807) is 0 Å². The molecule has 1 aliphatic carbocycles. The molecule has 1 aliphatic rings. The largest absolute Gasteiger partial charge is 0.382 e. The molecule has 1 fully saturated rings. The van der Waals surface area contributed by atoms with E-state index in [0.29, 0.717) is 5.96 Å². The lowest BCUT2D eigenvalue weighted by Crippen LogP contribution is -2.42. The smallest absolute Gasteiger partial charge is 0.205 e. The van der Waals surface area contributed by atoms with Gasteiger partial charge in [0.2, 0.25) is 5.96 Å². The summed E-state index contributed by atoms with van der Waals surface area (Å²) in [7, 11) is 0. The Balaban J connectivity index is 2.05. The first-order valence-corrected chi connectivity index (χ1v) is 7.19. The van der Waals surface area contributed by atoms with Crippen LogP contribution >= 0.6 is 0 Å². The lowest BCUT2D eigenvalue weighted by molar-refractivity contribution is 0.146. The first-order valence-electron chi connectivity index (χ1n) is 7.19. The predicted octanol–water partition coefficient (Wildman–Crippen LogP) is 1.40.